The predicted molar refractivity (Wildman–Crippen MR) is 60.0 cm³/mol. The maximum atomic E-state index is 11.4. The number of rotatable bonds is 5. The molecule has 16 heavy (non-hydrogen) atoms. The molecule has 0 aromatic heterocycles. The van der Waals surface area contributed by atoms with Gasteiger partial charge in [0.05, 0.1) is 0 Å². The highest BCUT2D eigenvalue weighted by Gasteiger charge is 2.42. The maximum absolute atomic E-state index is 11.4. The van der Waals surface area contributed by atoms with E-state index in [1.54, 1.807) is 24.3 Å². The third-order valence-corrected chi connectivity index (χ3v) is 3.66. The van der Waals surface area contributed by atoms with Crippen LogP contribution in [-0.2, 0) is 25.9 Å². The number of methoxy groups -OCH3 is 2. The molecule has 0 saturated carbocycles. The summed E-state index contributed by atoms with van der Waals surface area (Å²) in [5, 5.41) is 3.28. The number of benzene rings is 1. The number of hydrogen-bond acceptors (Lipinski definition) is 4. The number of primary sulfonamides is 1. The fourth-order valence-electron chi connectivity index (χ4n) is 1.41. The smallest absolute Gasteiger partial charge is 0.291 e. The molecule has 0 unspecified atom stereocenters. The summed E-state index contributed by atoms with van der Waals surface area (Å²) in [6.45, 7) is 0. The van der Waals surface area contributed by atoms with E-state index >= 15 is 0 Å². The lowest BCUT2D eigenvalue weighted by atomic mass is 10.1. The minimum absolute atomic E-state index is 0.0413. The van der Waals surface area contributed by atoms with Gasteiger partial charge in [-0.05, 0) is 5.56 Å². The van der Waals surface area contributed by atoms with Crippen LogP contribution in [0.5, 0.6) is 0 Å². The normalized spacial score (nSPS) is 12.7. The molecule has 0 heterocycles. The van der Waals surface area contributed by atoms with Crippen molar-refractivity contribution >= 4 is 10.0 Å². The minimum Gasteiger partial charge on any atom is -0.340 e. The Hall–Kier alpha value is -0.950. The molecule has 1 aromatic rings. The van der Waals surface area contributed by atoms with E-state index in [0.717, 1.165) is 5.56 Å². The Kier molecular flexibility index (Phi) is 4.03. The van der Waals surface area contributed by atoms with Gasteiger partial charge >= 0.3 is 0 Å². The van der Waals surface area contributed by atoms with Gasteiger partial charge in [0.2, 0.25) is 0 Å². The summed E-state index contributed by atoms with van der Waals surface area (Å²) in [7, 11) is -1.48. The molecular formula is C10H15NO4S. The molecule has 1 aromatic carbocycles. The summed E-state index contributed by atoms with van der Waals surface area (Å²) in [4.78, 5) is 0. The van der Waals surface area contributed by atoms with E-state index in [0.29, 0.717) is 0 Å². The number of nitrogens with two attached hydrogens (primary N) is 1. The Morgan fingerprint density at radius 2 is 1.69 bits per heavy atom. The van der Waals surface area contributed by atoms with Crippen LogP contribution < -0.4 is 5.14 Å². The Morgan fingerprint density at radius 3 is 2.06 bits per heavy atom. The van der Waals surface area contributed by atoms with Crippen molar-refractivity contribution in [1.82, 2.24) is 0 Å². The Labute approximate surface area is 95.2 Å². The fraction of sp³-hybridized carbons (Fsp3) is 0.400. The van der Waals surface area contributed by atoms with Gasteiger partial charge in [-0.2, -0.15) is 0 Å². The molecule has 2 N–H and O–H groups in total. The van der Waals surface area contributed by atoms with Gasteiger partial charge < -0.3 is 9.47 Å². The second-order valence-corrected chi connectivity index (χ2v) is 5.01. The monoisotopic (exact) mass is 245 g/mol. The SMILES string of the molecule is COC(Cc1ccccc1)(OC)S(N)(=O)=O. The van der Waals surface area contributed by atoms with Gasteiger partial charge in [-0.3, -0.25) is 0 Å². The van der Waals surface area contributed by atoms with E-state index in [1.807, 2.05) is 6.07 Å². The van der Waals surface area contributed by atoms with Gasteiger partial charge in [-0.15, -0.1) is 0 Å². The Balaban J connectivity index is 3.06. The molecule has 5 nitrogen and oxygen atoms in total. The molecule has 0 atom stereocenters. The average molecular weight is 245 g/mol. The van der Waals surface area contributed by atoms with Crippen molar-refractivity contribution in [2.24, 2.45) is 5.14 Å². The van der Waals surface area contributed by atoms with Crippen LogP contribution in [0.25, 0.3) is 0 Å². The van der Waals surface area contributed by atoms with E-state index in [4.69, 9.17) is 14.6 Å². The number of hydrogen-bond donors (Lipinski definition) is 1. The first-order valence-electron chi connectivity index (χ1n) is 4.62. The fourth-order valence-corrected chi connectivity index (χ4v) is 2.24. The summed E-state index contributed by atoms with van der Waals surface area (Å²) in [5.41, 5.74) is 0.764. The molecule has 0 radical (unpaired) electrons. The highest BCUT2D eigenvalue weighted by molar-refractivity contribution is 7.90. The van der Waals surface area contributed by atoms with Gasteiger partial charge in [0.25, 0.3) is 15.1 Å². The minimum atomic E-state index is -3.97. The van der Waals surface area contributed by atoms with Gasteiger partial charge in [0, 0.05) is 20.6 Å². The van der Waals surface area contributed by atoms with Crippen molar-refractivity contribution in [3.05, 3.63) is 35.9 Å². The molecule has 0 fully saturated rings. The quantitative estimate of drug-likeness (QED) is 0.764. The van der Waals surface area contributed by atoms with Crippen LogP contribution in [0.2, 0.25) is 0 Å². The average Bonchev–Trinajstić information content (AvgIpc) is 2.25. The summed E-state index contributed by atoms with van der Waals surface area (Å²) in [6, 6.07) is 8.99. The third-order valence-electron chi connectivity index (χ3n) is 2.32. The lowest BCUT2D eigenvalue weighted by molar-refractivity contribution is -0.139. The van der Waals surface area contributed by atoms with Crippen LogP contribution in [0.15, 0.2) is 30.3 Å². The maximum Gasteiger partial charge on any atom is 0.291 e. The van der Waals surface area contributed by atoms with Crippen LogP contribution >= 0.6 is 0 Å². The first kappa shape index (κ1) is 13.1. The zero-order chi connectivity index (χ0) is 12.2. The highest BCUT2D eigenvalue weighted by atomic mass is 32.2. The van der Waals surface area contributed by atoms with E-state index in [-0.39, 0.29) is 6.42 Å². The van der Waals surface area contributed by atoms with Gasteiger partial charge in [-0.1, -0.05) is 30.3 Å². The molecule has 90 valence electrons. The molecule has 0 aliphatic rings. The standard InChI is InChI=1S/C10H15NO4S/c1-14-10(15-2,16(11,12)13)8-9-6-4-3-5-7-9/h3-7H,8H2,1-2H3,(H2,11,12,13). The van der Waals surface area contributed by atoms with Crippen LogP contribution in [0.4, 0.5) is 0 Å². The zero-order valence-corrected chi connectivity index (χ0v) is 10.0. The summed E-state index contributed by atoms with van der Waals surface area (Å²) < 4.78 is 32.7. The highest BCUT2D eigenvalue weighted by Crippen LogP contribution is 2.22. The second kappa shape index (κ2) is 4.92. The first-order valence-corrected chi connectivity index (χ1v) is 6.16. The second-order valence-electron chi connectivity index (χ2n) is 3.30. The van der Waals surface area contributed by atoms with Gasteiger partial charge in [0.15, 0.2) is 0 Å². The molecule has 1 rings (SSSR count). The first-order chi connectivity index (χ1) is 7.45. The van der Waals surface area contributed by atoms with E-state index in [2.05, 4.69) is 0 Å². The lowest BCUT2D eigenvalue weighted by Gasteiger charge is -2.28. The number of ether oxygens (including phenoxy) is 2. The molecule has 0 aliphatic heterocycles. The van der Waals surface area contributed by atoms with E-state index in [1.165, 1.54) is 14.2 Å². The lowest BCUT2D eigenvalue weighted by Crippen LogP contribution is -2.48. The number of sulfonamides is 1. The van der Waals surface area contributed by atoms with Gasteiger partial charge in [-0.25, -0.2) is 13.6 Å². The molecule has 0 bridgehead atoms. The van der Waals surface area contributed by atoms with Crippen molar-refractivity contribution in [2.75, 3.05) is 14.2 Å². The van der Waals surface area contributed by atoms with Crippen LogP contribution in [0.1, 0.15) is 5.56 Å². The topological polar surface area (TPSA) is 78.6 Å². The van der Waals surface area contributed by atoms with Crippen molar-refractivity contribution in [1.29, 1.82) is 0 Å². The third kappa shape index (κ3) is 2.59. The van der Waals surface area contributed by atoms with Crippen molar-refractivity contribution in [3.8, 4) is 0 Å². The molecule has 0 amide bonds. The van der Waals surface area contributed by atoms with Crippen molar-refractivity contribution < 1.29 is 17.9 Å². The zero-order valence-electron chi connectivity index (χ0n) is 9.21. The molecule has 6 heteroatoms. The predicted octanol–water partition coefficient (Wildman–Crippen LogP) is 0.464. The van der Waals surface area contributed by atoms with E-state index in [9.17, 15) is 8.42 Å². The van der Waals surface area contributed by atoms with Crippen LogP contribution in [-0.4, -0.2) is 27.8 Å². The van der Waals surface area contributed by atoms with Crippen molar-refractivity contribution in [3.63, 3.8) is 0 Å². The summed E-state index contributed by atoms with van der Waals surface area (Å²) >= 11 is 0. The molecular weight excluding hydrogens is 230 g/mol. The largest absolute Gasteiger partial charge is 0.340 e. The van der Waals surface area contributed by atoms with Gasteiger partial charge in [0.1, 0.15) is 0 Å². The van der Waals surface area contributed by atoms with Crippen LogP contribution in [0, 0.1) is 0 Å². The van der Waals surface area contributed by atoms with E-state index < -0.39 is 15.1 Å². The molecule has 0 aliphatic carbocycles. The Morgan fingerprint density at radius 1 is 1.19 bits per heavy atom. The summed E-state index contributed by atoms with van der Waals surface area (Å²) in [6.07, 6.45) is 0.0413. The molecule has 0 spiro atoms. The van der Waals surface area contributed by atoms with Crippen molar-refractivity contribution in [2.45, 2.75) is 11.5 Å². The molecule has 0 saturated heterocycles. The van der Waals surface area contributed by atoms with Crippen LogP contribution in [0.3, 0.4) is 0 Å². The Bertz CT molecular complexity index is 425. The summed E-state index contributed by atoms with van der Waals surface area (Å²) in [5.74, 6) is 0.